The number of hydrogen-bond acceptors (Lipinski definition) is 1. The fourth-order valence-corrected chi connectivity index (χ4v) is 1.19. The summed E-state index contributed by atoms with van der Waals surface area (Å²) in [6, 6.07) is 0. The number of ketones is 1. The van der Waals surface area contributed by atoms with Crippen LogP contribution < -0.4 is 0 Å². The third-order valence-electron chi connectivity index (χ3n) is 2.04. The fraction of sp³-hybridized carbons (Fsp3) is 0.750. The first-order chi connectivity index (χ1) is 6.27. The number of Topliss-reactive ketones (excluding diaryl/α,β-unsaturated/α-hetero) is 1. The first kappa shape index (κ1) is 12.4. The highest BCUT2D eigenvalue weighted by Gasteiger charge is 1.91. The molecule has 0 amide bonds. The molecule has 0 aromatic carbocycles. The number of carbonyl (C=O) groups is 1. The van der Waals surface area contributed by atoms with E-state index in [1.165, 1.54) is 19.3 Å². The predicted molar refractivity (Wildman–Crippen MR) is 57.8 cm³/mol. The molecule has 0 aliphatic heterocycles. The molecule has 1 heteroatoms. The molecule has 0 aromatic rings. The van der Waals surface area contributed by atoms with Gasteiger partial charge in [-0.15, -0.1) is 0 Å². The van der Waals surface area contributed by atoms with Gasteiger partial charge in [0.2, 0.25) is 0 Å². The Morgan fingerprint density at radius 3 is 2.23 bits per heavy atom. The van der Waals surface area contributed by atoms with Gasteiger partial charge >= 0.3 is 0 Å². The van der Waals surface area contributed by atoms with E-state index >= 15 is 0 Å². The Morgan fingerprint density at radius 1 is 1.08 bits per heavy atom. The first-order valence-electron chi connectivity index (χ1n) is 5.41. The van der Waals surface area contributed by atoms with Gasteiger partial charge in [0.15, 0.2) is 0 Å². The summed E-state index contributed by atoms with van der Waals surface area (Å²) >= 11 is 0. The van der Waals surface area contributed by atoms with E-state index in [4.69, 9.17) is 0 Å². The van der Waals surface area contributed by atoms with Gasteiger partial charge in [-0.05, 0) is 32.6 Å². The van der Waals surface area contributed by atoms with E-state index in [-0.39, 0.29) is 0 Å². The lowest BCUT2D eigenvalue weighted by Crippen LogP contribution is -1.88. The zero-order valence-electron chi connectivity index (χ0n) is 9.01. The van der Waals surface area contributed by atoms with E-state index < -0.39 is 0 Å². The second-order valence-electron chi connectivity index (χ2n) is 3.56. The highest BCUT2D eigenvalue weighted by Crippen LogP contribution is 2.02. The molecular formula is C12H22O. The normalized spacial score (nSPS) is 10.9. The SMILES string of the molecule is CCCCC=CCCCCC(C)=O. The Balaban J connectivity index is 3.06. The lowest BCUT2D eigenvalue weighted by molar-refractivity contribution is -0.117. The van der Waals surface area contributed by atoms with E-state index in [9.17, 15) is 4.79 Å². The van der Waals surface area contributed by atoms with E-state index in [2.05, 4.69) is 19.1 Å². The molecule has 0 rings (SSSR count). The van der Waals surface area contributed by atoms with E-state index in [0.29, 0.717) is 5.78 Å². The second kappa shape index (κ2) is 9.50. The summed E-state index contributed by atoms with van der Waals surface area (Å²) in [6.07, 6.45) is 12.4. The van der Waals surface area contributed by atoms with Crippen LogP contribution >= 0.6 is 0 Å². The smallest absolute Gasteiger partial charge is 0.129 e. The van der Waals surface area contributed by atoms with E-state index in [1.54, 1.807) is 6.92 Å². The lowest BCUT2D eigenvalue weighted by Gasteiger charge is -1.93. The van der Waals surface area contributed by atoms with Crippen molar-refractivity contribution in [2.45, 2.75) is 58.8 Å². The summed E-state index contributed by atoms with van der Waals surface area (Å²) in [7, 11) is 0. The third-order valence-corrected chi connectivity index (χ3v) is 2.04. The van der Waals surface area contributed by atoms with Crippen molar-refractivity contribution in [2.24, 2.45) is 0 Å². The Hall–Kier alpha value is -0.590. The van der Waals surface area contributed by atoms with Crippen LogP contribution in [0.15, 0.2) is 12.2 Å². The molecule has 0 atom stereocenters. The number of allylic oxidation sites excluding steroid dienone is 2. The first-order valence-corrected chi connectivity index (χ1v) is 5.41. The van der Waals surface area contributed by atoms with Crippen LogP contribution in [-0.2, 0) is 4.79 Å². The van der Waals surface area contributed by atoms with Gasteiger partial charge in [0, 0.05) is 6.42 Å². The molecule has 0 N–H and O–H groups in total. The number of rotatable bonds is 8. The van der Waals surface area contributed by atoms with Crippen LogP contribution in [0.2, 0.25) is 0 Å². The maximum Gasteiger partial charge on any atom is 0.129 e. The third kappa shape index (κ3) is 11.4. The summed E-state index contributed by atoms with van der Waals surface area (Å²) < 4.78 is 0. The molecule has 0 saturated carbocycles. The minimum absolute atomic E-state index is 0.315. The van der Waals surface area contributed by atoms with Gasteiger partial charge in [0.1, 0.15) is 5.78 Å². The maximum atomic E-state index is 10.6. The summed E-state index contributed by atoms with van der Waals surface area (Å²) in [5, 5.41) is 0. The predicted octanol–water partition coefficient (Wildman–Crippen LogP) is 3.88. The quantitative estimate of drug-likeness (QED) is 0.411. The zero-order valence-corrected chi connectivity index (χ0v) is 9.01. The molecule has 0 aliphatic carbocycles. The summed E-state index contributed by atoms with van der Waals surface area (Å²) in [5.41, 5.74) is 0. The fourth-order valence-electron chi connectivity index (χ4n) is 1.19. The molecule has 13 heavy (non-hydrogen) atoms. The number of hydrogen-bond donors (Lipinski definition) is 0. The molecule has 0 bridgehead atoms. The molecule has 0 spiro atoms. The van der Waals surface area contributed by atoms with Crippen molar-refractivity contribution in [1.82, 2.24) is 0 Å². The van der Waals surface area contributed by atoms with Crippen molar-refractivity contribution in [3.63, 3.8) is 0 Å². The maximum absolute atomic E-state index is 10.6. The highest BCUT2D eigenvalue weighted by molar-refractivity contribution is 5.75. The molecule has 0 aromatic heterocycles. The molecule has 0 heterocycles. The minimum atomic E-state index is 0.315. The molecule has 0 saturated heterocycles. The average molecular weight is 182 g/mol. The Morgan fingerprint density at radius 2 is 1.69 bits per heavy atom. The zero-order chi connectivity index (χ0) is 9.94. The molecule has 0 aliphatic rings. The van der Waals surface area contributed by atoms with Crippen molar-refractivity contribution < 1.29 is 4.79 Å². The van der Waals surface area contributed by atoms with Gasteiger partial charge in [-0.25, -0.2) is 0 Å². The minimum Gasteiger partial charge on any atom is -0.300 e. The molecule has 0 fully saturated rings. The molecular weight excluding hydrogens is 160 g/mol. The standard InChI is InChI=1S/C12H22O/c1-3-4-5-6-7-8-9-10-11-12(2)13/h6-7H,3-5,8-11H2,1-2H3. The van der Waals surface area contributed by atoms with Crippen molar-refractivity contribution in [2.75, 3.05) is 0 Å². The summed E-state index contributed by atoms with van der Waals surface area (Å²) in [6.45, 7) is 3.87. The van der Waals surface area contributed by atoms with Gasteiger partial charge < -0.3 is 4.79 Å². The molecule has 0 radical (unpaired) electrons. The average Bonchev–Trinajstić information content (AvgIpc) is 2.09. The lowest BCUT2D eigenvalue weighted by atomic mass is 10.1. The van der Waals surface area contributed by atoms with Crippen molar-refractivity contribution >= 4 is 5.78 Å². The van der Waals surface area contributed by atoms with Crippen LogP contribution in [0.5, 0.6) is 0 Å². The number of unbranched alkanes of at least 4 members (excludes halogenated alkanes) is 4. The topological polar surface area (TPSA) is 17.1 Å². The van der Waals surface area contributed by atoms with Gasteiger partial charge in [0.05, 0.1) is 0 Å². The van der Waals surface area contributed by atoms with Crippen LogP contribution in [0, 0.1) is 0 Å². The summed E-state index contributed by atoms with van der Waals surface area (Å²) in [5.74, 6) is 0.315. The summed E-state index contributed by atoms with van der Waals surface area (Å²) in [4.78, 5) is 10.6. The van der Waals surface area contributed by atoms with Crippen LogP contribution in [0.25, 0.3) is 0 Å². The van der Waals surface area contributed by atoms with Crippen LogP contribution in [-0.4, -0.2) is 5.78 Å². The van der Waals surface area contributed by atoms with E-state index in [0.717, 1.165) is 25.7 Å². The Labute approximate surface area is 82.2 Å². The molecule has 76 valence electrons. The van der Waals surface area contributed by atoms with Crippen molar-refractivity contribution in [3.8, 4) is 0 Å². The van der Waals surface area contributed by atoms with Crippen molar-refractivity contribution in [3.05, 3.63) is 12.2 Å². The second-order valence-corrected chi connectivity index (χ2v) is 3.56. The van der Waals surface area contributed by atoms with Crippen LogP contribution in [0.3, 0.4) is 0 Å². The van der Waals surface area contributed by atoms with Crippen LogP contribution in [0.4, 0.5) is 0 Å². The highest BCUT2D eigenvalue weighted by atomic mass is 16.1. The van der Waals surface area contributed by atoms with Gasteiger partial charge in [-0.1, -0.05) is 31.9 Å². The number of carbonyl (C=O) groups excluding carboxylic acids is 1. The monoisotopic (exact) mass is 182 g/mol. The largest absolute Gasteiger partial charge is 0.300 e. The van der Waals surface area contributed by atoms with Crippen molar-refractivity contribution in [1.29, 1.82) is 0 Å². The molecule has 1 nitrogen and oxygen atoms in total. The van der Waals surface area contributed by atoms with Gasteiger partial charge in [-0.2, -0.15) is 0 Å². The van der Waals surface area contributed by atoms with E-state index in [1.807, 2.05) is 0 Å². The van der Waals surface area contributed by atoms with Crippen LogP contribution in [0.1, 0.15) is 58.8 Å². The van der Waals surface area contributed by atoms with Gasteiger partial charge in [-0.3, -0.25) is 0 Å². The van der Waals surface area contributed by atoms with Gasteiger partial charge in [0.25, 0.3) is 0 Å². The Bertz CT molecular complexity index is 147. The molecule has 0 unspecified atom stereocenters. The Kier molecular flexibility index (Phi) is 9.07.